The van der Waals surface area contributed by atoms with E-state index in [1.165, 1.54) is 0 Å². The molecule has 4 aromatic carbocycles. The van der Waals surface area contributed by atoms with Gasteiger partial charge in [0, 0.05) is 43.4 Å². The van der Waals surface area contributed by atoms with Gasteiger partial charge in [-0.3, -0.25) is 29.2 Å². The lowest BCUT2D eigenvalue weighted by atomic mass is 9.95. The number of ketones is 1. The molecule has 10 nitrogen and oxygen atoms in total. The van der Waals surface area contributed by atoms with Crippen molar-refractivity contribution in [2.75, 3.05) is 41.3 Å². The second kappa shape index (κ2) is 17.5. The summed E-state index contributed by atoms with van der Waals surface area (Å²) in [5.41, 5.74) is 8.59. The Labute approximate surface area is 347 Å². The summed E-state index contributed by atoms with van der Waals surface area (Å²) in [5, 5.41) is 0. The highest BCUT2D eigenvalue weighted by Gasteiger charge is 2.39. The number of benzene rings is 4. The monoisotopic (exact) mass is 787 g/mol. The molecule has 0 spiro atoms. The SMILES string of the molecule is CN(C)[C@@H](C(=O)N1CCC[C@H]1C1=NC=C(c2ccc(C(=O)Cc3ccc(-c4cnc([C@@H]5CCCN5C(=O)[C@@H](c5ccccc5)N(C)C)[nH]4)cc3)cc2)C1)c1ccccc1. The molecular formula is C49H53N7O3. The van der Waals surface area contributed by atoms with Gasteiger partial charge >= 0.3 is 0 Å². The molecular weight excluding hydrogens is 735 g/mol. The van der Waals surface area contributed by atoms with Crippen LogP contribution in [0, 0.1) is 0 Å². The van der Waals surface area contributed by atoms with Gasteiger partial charge in [-0.15, -0.1) is 0 Å². The van der Waals surface area contributed by atoms with Crippen LogP contribution in [0.15, 0.2) is 127 Å². The van der Waals surface area contributed by atoms with Crippen LogP contribution in [0.1, 0.15) is 88.7 Å². The Morgan fingerprint density at radius 2 is 1.24 bits per heavy atom. The first-order chi connectivity index (χ1) is 28.7. The largest absolute Gasteiger partial charge is 0.340 e. The van der Waals surface area contributed by atoms with Crippen LogP contribution in [0.4, 0.5) is 0 Å². The third-order valence-electron chi connectivity index (χ3n) is 12.1. The lowest BCUT2D eigenvalue weighted by Crippen LogP contribution is -2.45. The van der Waals surface area contributed by atoms with Crippen molar-refractivity contribution in [2.24, 2.45) is 4.99 Å². The smallest absolute Gasteiger partial charge is 0.245 e. The fourth-order valence-corrected chi connectivity index (χ4v) is 9.04. The average molecular weight is 788 g/mol. The Morgan fingerprint density at radius 3 is 1.81 bits per heavy atom. The number of aromatic nitrogens is 2. The highest BCUT2D eigenvalue weighted by atomic mass is 16.2. The van der Waals surface area contributed by atoms with Crippen molar-refractivity contribution in [3.05, 3.63) is 155 Å². The fourth-order valence-electron chi connectivity index (χ4n) is 9.04. The van der Waals surface area contributed by atoms with Gasteiger partial charge in [0.05, 0.1) is 24.0 Å². The number of hydrogen-bond donors (Lipinski definition) is 1. The summed E-state index contributed by atoms with van der Waals surface area (Å²) in [5.74, 6) is 1.05. The first-order valence-electron chi connectivity index (χ1n) is 20.7. The molecule has 4 heterocycles. The Morgan fingerprint density at radius 1 is 0.695 bits per heavy atom. The van der Waals surface area contributed by atoms with Gasteiger partial charge in [0.2, 0.25) is 11.8 Å². The quantitative estimate of drug-likeness (QED) is 0.122. The first kappa shape index (κ1) is 39.8. The number of Topliss-reactive ketones (excluding diaryl/α,β-unsaturated/α-hetero) is 1. The van der Waals surface area contributed by atoms with Crippen molar-refractivity contribution < 1.29 is 14.4 Å². The zero-order chi connectivity index (χ0) is 41.0. The van der Waals surface area contributed by atoms with Crippen molar-refractivity contribution in [2.45, 2.75) is 62.7 Å². The molecule has 8 rings (SSSR count). The third-order valence-corrected chi connectivity index (χ3v) is 12.1. The minimum atomic E-state index is -0.359. The van der Waals surface area contributed by atoms with Crippen molar-refractivity contribution in [1.82, 2.24) is 29.6 Å². The van der Waals surface area contributed by atoms with Crippen molar-refractivity contribution >= 4 is 28.9 Å². The van der Waals surface area contributed by atoms with Gasteiger partial charge in [-0.25, -0.2) is 4.98 Å². The number of carbonyl (C=O) groups is 3. The van der Waals surface area contributed by atoms with E-state index in [0.29, 0.717) is 24.9 Å². The number of allylic oxidation sites excluding steroid dienone is 1. The number of nitrogens with one attached hydrogen (secondary N) is 1. The fraction of sp³-hybridized carbons (Fsp3) is 0.327. The van der Waals surface area contributed by atoms with Crippen LogP contribution in [0.2, 0.25) is 0 Å². The maximum Gasteiger partial charge on any atom is 0.245 e. The molecule has 1 N–H and O–H groups in total. The summed E-state index contributed by atoms with van der Waals surface area (Å²) < 4.78 is 0. The molecule has 0 radical (unpaired) electrons. The van der Waals surface area contributed by atoms with Gasteiger partial charge < -0.3 is 14.8 Å². The van der Waals surface area contributed by atoms with E-state index in [2.05, 4.69) is 4.98 Å². The number of imidazole rings is 1. The molecule has 2 saturated heterocycles. The van der Waals surface area contributed by atoms with Gasteiger partial charge in [0.25, 0.3) is 0 Å². The minimum absolute atomic E-state index is 0.0142. The van der Waals surface area contributed by atoms with Gasteiger partial charge in [0.15, 0.2) is 5.78 Å². The van der Waals surface area contributed by atoms with E-state index < -0.39 is 0 Å². The lowest BCUT2D eigenvalue weighted by Gasteiger charge is -2.32. The number of nitrogens with zero attached hydrogens (tertiary/aromatic N) is 6. The molecule has 5 aromatic rings. The number of rotatable bonds is 13. The Hall–Kier alpha value is -5.97. The van der Waals surface area contributed by atoms with Gasteiger partial charge in [-0.1, -0.05) is 109 Å². The molecule has 0 aliphatic carbocycles. The molecule has 0 saturated carbocycles. The van der Waals surface area contributed by atoms with Crippen LogP contribution in [-0.4, -0.2) is 100 Å². The minimum Gasteiger partial charge on any atom is -0.340 e. The van der Waals surface area contributed by atoms with E-state index in [0.717, 1.165) is 82.8 Å². The van der Waals surface area contributed by atoms with Crippen LogP contribution in [0.25, 0.3) is 16.8 Å². The lowest BCUT2D eigenvalue weighted by molar-refractivity contribution is -0.137. The van der Waals surface area contributed by atoms with E-state index in [4.69, 9.17) is 9.98 Å². The Kier molecular flexibility index (Phi) is 11.8. The second-order valence-corrected chi connectivity index (χ2v) is 16.4. The molecule has 0 bridgehead atoms. The highest BCUT2D eigenvalue weighted by molar-refractivity contribution is 6.04. The topological polar surface area (TPSA) is 105 Å². The number of hydrogen-bond acceptors (Lipinski definition) is 7. The normalized spacial score (nSPS) is 18.9. The van der Waals surface area contributed by atoms with E-state index >= 15 is 0 Å². The molecule has 2 amide bonds. The van der Waals surface area contributed by atoms with E-state index in [1.54, 1.807) is 0 Å². The Balaban J connectivity index is 0.863. The number of aliphatic imine (C=N–C) groups is 1. The Bertz CT molecular complexity index is 2330. The summed E-state index contributed by atoms with van der Waals surface area (Å²) >= 11 is 0. The van der Waals surface area contributed by atoms with E-state index in [1.807, 2.05) is 169 Å². The zero-order valence-electron chi connectivity index (χ0n) is 34.4. The molecule has 10 heteroatoms. The number of amides is 2. The predicted molar refractivity (Wildman–Crippen MR) is 233 cm³/mol. The van der Waals surface area contributed by atoms with E-state index in [-0.39, 0.29) is 41.8 Å². The molecule has 3 aliphatic heterocycles. The highest BCUT2D eigenvalue weighted by Crippen LogP contribution is 2.36. The molecule has 59 heavy (non-hydrogen) atoms. The first-order valence-corrected chi connectivity index (χ1v) is 20.7. The molecule has 2 fully saturated rings. The zero-order valence-corrected chi connectivity index (χ0v) is 34.4. The molecule has 3 aliphatic rings. The number of likely N-dealkylation sites (tertiary alicyclic amines) is 2. The van der Waals surface area contributed by atoms with Crippen LogP contribution < -0.4 is 0 Å². The summed E-state index contributed by atoms with van der Waals surface area (Å²) in [4.78, 5) is 62.3. The van der Waals surface area contributed by atoms with Crippen LogP contribution >= 0.6 is 0 Å². The van der Waals surface area contributed by atoms with Gasteiger partial charge in [0.1, 0.15) is 17.9 Å². The van der Waals surface area contributed by atoms with E-state index in [9.17, 15) is 14.4 Å². The molecule has 1 aromatic heterocycles. The number of aromatic amines is 1. The van der Waals surface area contributed by atoms with Crippen molar-refractivity contribution in [3.63, 3.8) is 0 Å². The predicted octanol–water partition coefficient (Wildman–Crippen LogP) is 7.95. The maximum absolute atomic E-state index is 13.9. The van der Waals surface area contributed by atoms with Gasteiger partial charge in [-0.2, -0.15) is 0 Å². The number of H-pyrrole nitrogens is 1. The second-order valence-electron chi connectivity index (χ2n) is 16.4. The summed E-state index contributed by atoms with van der Waals surface area (Å²) in [6.07, 6.45) is 8.39. The molecule has 0 unspecified atom stereocenters. The van der Waals surface area contributed by atoms with Gasteiger partial charge in [-0.05, 0) is 87.3 Å². The molecule has 302 valence electrons. The molecule has 4 atom stereocenters. The van der Waals surface area contributed by atoms with Crippen LogP contribution in [-0.2, 0) is 16.0 Å². The van der Waals surface area contributed by atoms with Crippen LogP contribution in [0.5, 0.6) is 0 Å². The average Bonchev–Trinajstić information content (AvgIpc) is 4.09. The van der Waals surface area contributed by atoms with Crippen molar-refractivity contribution in [1.29, 1.82) is 0 Å². The summed E-state index contributed by atoms with van der Waals surface area (Å²) in [7, 11) is 7.81. The number of likely N-dealkylation sites (N-methyl/N-ethyl adjacent to an activating group) is 2. The third kappa shape index (κ3) is 8.47. The standard InChI is InChI=1S/C49H53N7O3/c1-53(2)45(37-13-7-5-8-14-37)48(58)55-27-11-17-42(55)40-30-39(31-50-40)34-23-25-36(26-24-34)44(57)29-33-19-21-35(22-20-33)41-32-51-47(52-41)43-18-12-28-56(43)49(59)46(54(3)4)38-15-9-6-10-16-38/h5-10,13-16,19-26,31-32,42-43,45-46H,11-12,17-18,27-30H2,1-4H3,(H,51,52)/t42-,43-,45+,46+/m0/s1. The maximum atomic E-state index is 13.9. The summed E-state index contributed by atoms with van der Waals surface area (Å²) in [6, 6.07) is 34.9. The summed E-state index contributed by atoms with van der Waals surface area (Å²) in [6.45, 7) is 1.43. The van der Waals surface area contributed by atoms with Crippen LogP contribution in [0.3, 0.4) is 0 Å². The van der Waals surface area contributed by atoms with Crippen molar-refractivity contribution in [3.8, 4) is 11.3 Å². The number of carbonyl (C=O) groups excluding carboxylic acids is 3.